The number of carbonyl (C=O) groups excluding carboxylic acids is 1. The third-order valence-corrected chi connectivity index (χ3v) is 5.30. The van der Waals surface area contributed by atoms with E-state index in [1.54, 1.807) is 0 Å². The van der Waals surface area contributed by atoms with Gasteiger partial charge in [-0.25, -0.2) is 12.7 Å². The molecule has 4 nitrogen and oxygen atoms in total. The van der Waals surface area contributed by atoms with Crippen LogP contribution in [-0.4, -0.2) is 37.9 Å². The van der Waals surface area contributed by atoms with Crippen molar-refractivity contribution in [2.24, 2.45) is 5.92 Å². The summed E-state index contributed by atoms with van der Waals surface area (Å²) in [5, 5.41) is 0. The van der Waals surface area contributed by atoms with Crippen LogP contribution >= 0.6 is 0 Å². The molecule has 1 aliphatic rings. The van der Waals surface area contributed by atoms with E-state index in [9.17, 15) is 13.2 Å². The van der Waals surface area contributed by atoms with E-state index in [1.165, 1.54) is 29.8 Å². The van der Waals surface area contributed by atoms with E-state index in [1.807, 2.05) is 0 Å². The molecule has 1 heterocycles. The van der Waals surface area contributed by atoms with Crippen molar-refractivity contribution in [3.63, 3.8) is 0 Å². The highest BCUT2D eigenvalue weighted by atomic mass is 32.2. The number of rotatable bonds is 9. The summed E-state index contributed by atoms with van der Waals surface area (Å²) in [6.07, 6.45) is 10.1. The van der Waals surface area contributed by atoms with Crippen LogP contribution < -0.4 is 0 Å². The lowest BCUT2D eigenvalue weighted by atomic mass is 9.92. The summed E-state index contributed by atoms with van der Waals surface area (Å²) in [4.78, 5) is 11.9. The average Bonchev–Trinajstić information content (AvgIpc) is 2.38. The molecular formula is C15H29NO3S. The van der Waals surface area contributed by atoms with Crippen molar-refractivity contribution in [3.05, 3.63) is 0 Å². The maximum Gasteiger partial charge on any atom is 0.211 e. The third kappa shape index (κ3) is 6.84. The van der Waals surface area contributed by atoms with Gasteiger partial charge >= 0.3 is 0 Å². The molecule has 0 amide bonds. The molecule has 5 heteroatoms. The molecule has 0 N–H and O–H groups in total. The molecule has 0 aromatic carbocycles. The Kier molecular flexibility index (Phi) is 7.74. The molecular weight excluding hydrogens is 274 g/mol. The van der Waals surface area contributed by atoms with Crippen LogP contribution in [0, 0.1) is 5.92 Å². The predicted molar refractivity (Wildman–Crippen MR) is 82.1 cm³/mol. The number of piperidine rings is 1. The van der Waals surface area contributed by atoms with Crippen molar-refractivity contribution in [3.8, 4) is 0 Å². The monoisotopic (exact) mass is 303 g/mol. The first-order valence-electron chi connectivity index (χ1n) is 7.90. The van der Waals surface area contributed by atoms with E-state index in [-0.39, 0.29) is 5.92 Å². The molecule has 118 valence electrons. The minimum absolute atomic E-state index is 0.224. The Morgan fingerprint density at radius 2 is 1.90 bits per heavy atom. The molecule has 0 radical (unpaired) electrons. The molecule has 1 saturated heterocycles. The number of sulfonamides is 1. The average molecular weight is 303 g/mol. The Morgan fingerprint density at radius 1 is 1.20 bits per heavy atom. The van der Waals surface area contributed by atoms with Gasteiger partial charge in [-0.1, -0.05) is 32.6 Å². The number of unbranched alkanes of at least 4 members (excludes halogenated alkanes) is 4. The van der Waals surface area contributed by atoms with Gasteiger partial charge in [-0.15, -0.1) is 0 Å². The fourth-order valence-electron chi connectivity index (χ4n) is 2.84. The van der Waals surface area contributed by atoms with Crippen LogP contribution in [0.5, 0.6) is 0 Å². The zero-order valence-electron chi connectivity index (χ0n) is 12.9. The van der Waals surface area contributed by atoms with E-state index in [2.05, 4.69) is 6.92 Å². The maximum absolute atomic E-state index is 11.9. The highest BCUT2D eigenvalue weighted by molar-refractivity contribution is 7.88. The maximum atomic E-state index is 11.9. The fourth-order valence-corrected chi connectivity index (χ4v) is 3.79. The molecule has 0 aromatic rings. The number of ketones is 1. The Hall–Kier alpha value is -0.420. The summed E-state index contributed by atoms with van der Waals surface area (Å²) >= 11 is 0. The van der Waals surface area contributed by atoms with Crippen molar-refractivity contribution >= 4 is 15.8 Å². The van der Waals surface area contributed by atoms with E-state index < -0.39 is 10.0 Å². The highest BCUT2D eigenvalue weighted by Crippen LogP contribution is 2.22. The van der Waals surface area contributed by atoms with Crippen LogP contribution in [0.3, 0.4) is 0 Å². The number of hydrogen-bond acceptors (Lipinski definition) is 3. The Bertz CT molecular complexity index is 392. The SMILES string of the molecule is CCCCCCCC(=O)CC1CCCN(S(C)(=O)=O)C1. The smallest absolute Gasteiger partial charge is 0.211 e. The summed E-state index contributed by atoms with van der Waals surface area (Å²) in [5.74, 6) is 0.531. The molecule has 0 bridgehead atoms. The lowest BCUT2D eigenvalue weighted by Gasteiger charge is -2.30. The van der Waals surface area contributed by atoms with Crippen LogP contribution in [0.4, 0.5) is 0 Å². The van der Waals surface area contributed by atoms with Crippen molar-refractivity contribution in [1.29, 1.82) is 0 Å². The second kappa shape index (κ2) is 8.78. The predicted octanol–water partition coefficient (Wildman–Crippen LogP) is 2.98. The minimum atomic E-state index is -3.10. The zero-order chi connectivity index (χ0) is 15.0. The zero-order valence-corrected chi connectivity index (χ0v) is 13.8. The van der Waals surface area contributed by atoms with Crippen molar-refractivity contribution < 1.29 is 13.2 Å². The van der Waals surface area contributed by atoms with Crippen LogP contribution in [0.1, 0.15) is 64.7 Å². The summed E-state index contributed by atoms with van der Waals surface area (Å²) in [6, 6.07) is 0. The van der Waals surface area contributed by atoms with Crippen molar-refractivity contribution in [1.82, 2.24) is 4.31 Å². The second-order valence-electron chi connectivity index (χ2n) is 6.04. The first-order chi connectivity index (χ1) is 9.43. The van der Waals surface area contributed by atoms with E-state index in [0.29, 0.717) is 31.7 Å². The summed E-state index contributed by atoms with van der Waals surface area (Å²) in [5.41, 5.74) is 0. The normalized spacial score (nSPS) is 21.0. The molecule has 20 heavy (non-hydrogen) atoms. The van der Waals surface area contributed by atoms with Crippen LogP contribution in [0.15, 0.2) is 0 Å². The van der Waals surface area contributed by atoms with Crippen molar-refractivity contribution in [2.45, 2.75) is 64.7 Å². The number of hydrogen-bond donors (Lipinski definition) is 0. The van der Waals surface area contributed by atoms with Crippen LogP contribution in [0.25, 0.3) is 0 Å². The fraction of sp³-hybridized carbons (Fsp3) is 0.933. The lowest BCUT2D eigenvalue weighted by molar-refractivity contribution is -0.120. The quantitative estimate of drug-likeness (QED) is 0.615. The molecule has 1 rings (SSSR count). The topological polar surface area (TPSA) is 54.5 Å². The molecule has 1 fully saturated rings. The first-order valence-corrected chi connectivity index (χ1v) is 9.75. The van der Waals surface area contributed by atoms with Gasteiger partial charge in [-0.3, -0.25) is 4.79 Å². The third-order valence-electron chi connectivity index (χ3n) is 4.03. The van der Waals surface area contributed by atoms with Gasteiger partial charge in [0.2, 0.25) is 10.0 Å². The molecule has 0 aliphatic carbocycles. The van der Waals surface area contributed by atoms with E-state index >= 15 is 0 Å². The minimum Gasteiger partial charge on any atom is -0.300 e. The molecule has 0 aromatic heterocycles. The molecule has 1 atom stereocenters. The lowest BCUT2D eigenvalue weighted by Crippen LogP contribution is -2.39. The van der Waals surface area contributed by atoms with E-state index in [0.717, 1.165) is 25.7 Å². The van der Waals surface area contributed by atoms with Gasteiger partial charge < -0.3 is 0 Å². The van der Waals surface area contributed by atoms with Crippen LogP contribution in [0.2, 0.25) is 0 Å². The summed E-state index contributed by atoms with van der Waals surface area (Å²) in [7, 11) is -3.10. The molecule has 1 aliphatic heterocycles. The largest absolute Gasteiger partial charge is 0.300 e. The summed E-state index contributed by atoms with van der Waals surface area (Å²) in [6.45, 7) is 3.32. The number of Topliss-reactive ketones (excluding diaryl/α,β-unsaturated/α-hetero) is 1. The highest BCUT2D eigenvalue weighted by Gasteiger charge is 2.26. The van der Waals surface area contributed by atoms with Gasteiger partial charge in [0, 0.05) is 25.9 Å². The van der Waals surface area contributed by atoms with Gasteiger partial charge in [0.15, 0.2) is 0 Å². The molecule has 0 spiro atoms. The van der Waals surface area contributed by atoms with Crippen LogP contribution in [-0.2, 0) is 14.8 Å². The van der Waals surface area contributed by atoms with E-state index in [4.69, 9.17) is 0 Å². The van der Waals surface area contributed by atoms with Crippen molar-refractivity contribution in [2.75, 3.05) is 19.3 Å². The van der Waals surface area contributed by atoms with Gasteiger partial charge in [-0.2, -0.15) is 0 Å². The first kappa shape index (κ1) is 17.6. The Balaban J connectivity index is 2.24. The Morgan fingerprint density at radius 3 is 2.55 bits per heavy atom. The standard InChI is InChI=1S/C15H29NO3S/c1-3-4-5-6-7-10-15(17)12-14-9-8-11-16(13-14)20(2,18)19/h14H,3-13H2,1-2H3. The van der Waals surface area contributed by atoms with Gasteiger partial charge in [0.1, 0.15) is 5.78 Å². The van der Waals surface area contributed by atoms with Gasteiger partial charge in [0.05, 0.1) is 6.26 Å². The second-order valence-corrected chi connectivity index (χ2v) is 8.02. The number of nitrogens with zero attached hydrogens (tertiary/aromatic N) is 1. The Labute approximate surface area is 124 Å². The van der Waals surface area contributed by atoms with Gasteiger partial charge in [-0.05, 0) is 25.2 Å². The number of carbonyl (C=O) groups is 1. The summed E-state index contributed by atoms with van der Waals surface area (Å²) < 4.78 is 24.6. The molecule has 1 unspecified atom stereocenters. The van der Waals surface area contributed by atoms with Gasteiger partial charge in [0.25, 0.3) is 0 Å². The molecule has 0 saturated carbocycles.